The van der Waals surface area contributed by atoms with Crippen molar-refractivity contribution in [3.63, 3.8) is 0 Å². The van der Waals surface area contributed by atoms with Crippen LogP contribution in [0.4, 0.5) is 0 Å². The molecule has 1 rings (SSSR count). The minimum absolute atomic E-state index is 0.106. The van der Waals surface area contributed by atoms with Gasteiger partial charge in [0.1, 0.15) is 0 Å². The molecule has 1 amide bonds. The van der Waals surface area contributed by atoms with Crippen LogP contribution in [0.1, 0.15) is 12.8 Å². The molecule has 1 N–H and O–H groups in total. The van der Waals surface area contributed by atoms with Crippen molar-refractivity contribution in [2.24, 2.45) is 0 Å². The van der Waals surface area contributed by atoms with E-state index in [1.165, 1.54) is 0 Å². The first-order valence-electron chi connectivity index (χ1n) is 3.68. The second kappa shape index (κ2) is 4.30. The Balaban J connectivity index is 2.26. The van der Waals surface area contributed by atoms with E-state index in [2.05, 4.69) is 14.6 Å². The van der Waals surface area contributed by atoms with Gasteiger partial charge in [0.25, 0.3) is 0 Å². The molecular weight excluding hydrogens is 157 g/mol. The van der Waals surface area contributed by atoms with Crippen molar-refractivity contribution in [1.29, 1.82) is 0 Å². The molecule has 0 bridgehead atoms. The average Bonchev–Trinajstić information content (AvgIpc) is 2.40. The van der Waals surface area contributed by atoms with E-state index in [9.17, 15) is 4.79 Å². The lowest BCUT2D eigenvalue weighted by molar-refractivity contribution is -0.120. The molecule has 3 heteroatoms. The van der Waals surface area contributed by atoms with E-state index in [4.69, 9.17) is 0 Å². The number of allylic oxidation sites excluding steroid dienone is 3. The largest absolute Gasteiger partial charge is 0.329 e. The van der Waals surface area contributed by atoms with E-state index in [1.807, 2.05) is 18.2 Å². The average molecular weight is 169 g/mol. The second-order valence-electron chi connectivity index (χ2n) is 2.41. The van der Waals surface area contributed by atoms with Gasteiger partial charge in [0.15, 0.2) is 0 Å². The van der Waals surface area contributed by atoms with Crippen molar-refractivity contribution in [2.45, 2.75) is 12.8 Å². The summed E-state index contributed by atoms with van der Waals surface area (Å²) in [5.74, 6) is 0.106. The van der Waals surface area contributed by atoms with Crippen molar-refractivity contribution >= 4 is 15.1 Å². The lowest BCUT2D eigenvalue weighted by Crippen LogP contribution is -2.21. The Labute approximate surface area is 69.0 Å². The monoisotopic (exact) mass is 169 g/mol. The molecule has 0 heterocycles. The van der Waals surface area contributed by atoms with Gasteiger partial charge in [-0.05, 0) is 12.2 Å². The number of rotatable bonds is 3. The van der Waals surface area contributed by atoms with Crippen LogP contribution in [-0.4, -0.2) is 12.1 Å². The maximum absolute atomic E-state index is 11.0. The summed E-state index contributed by atoms with van der Waals surface area (Å²) in [6, 6.07) is 0. The molecule has 0 spiro atoms. The van der Waals surface area contributed by atoms with Gasteiger partial charge in [0.2, 0.25) is 5.91 Å². The van der Waals surface area contributed by atoms with E-state index in [1.54, 1.807) is 0 Å². The molecule has 0 fully saturated rings. The third-order valence-corrected chi connectivity index (χ3v) is 1.73. The van der Waals surface area contributed by atoms with E-state index in [-0.39, 0.29) is 5.91 Å². The van der Waals surface area contributed by atoms with Crippen molar-refractivity contribution in [1.82, 2.24) is 5.32 Å². The van der Waals surface area contributed by atoms with Gasteiger partial charge in [0, 0.05) is 18.5 Å². The topological polar surface area (TPSA) is 29.1 Å². The molecule has 0 radical (unpaired) electrons. The smallest absolute Gasteiger partial charge is 0.224 e. The summed E-state index contributed by atoms with van der Waals surface area (Å²) in [4.78, 5) is 11.0. The SMILES string of the molecule is O=C(CCP)NC1=CC=CC1. The highest BCUT2D eigenvalue weighted by Crippen LogP contribution is 2.06. The number of hydrogen-bond acceptors (Lipinski definition) is 1. The summed E-state index contributed by atoms with van der Waals surface area (Å²) in [6.45, 7) is 0. The fourth-order valence-electron chi connectivity index (χ4n) is 0.913. The van der Waals surface area contributed by atoms with Gasteiger partial charge in [0.05, 0.1) is 0 Å². The van der Waals surface area contributed by atoms with Crippen LogP contribution >= 0.6 is 9.24 Å². The fourth-order valence-corrected chi connectivity index (χ4v) is 1.17. The molecule has 0 aromatic carbocycles. The van der Waals surface area contributed by atoms with Crippen LogP contribution in [0.25, 0.3) is 0 Å². The number of carbonyl (C=O) groups excluding carboxylic acids is 1. The zero-order chi connectivity index (χ0) is 8.10. The Hall–Kier alpha value is -0.620. The molecule has 11 heavy (non-hydrogen) atoms. The molecule has 60 valence electrons. The summed E-state index contributed by atoms with van der Waals surface area (Å²) in [5, 5.41) is 2.83. The summed E-state index contributed by atoms with van der Waals surface area (Å²) in [5.41, 5.74) is 1.01. The molecule has 2 nitrogen and oxygen atoms in total. The Morgan fingerprint density at radius 2 is 2.55 bits per heavy atom. The molecular formula is C8H12NOP. The molecule has 1 aliphatic carbocycles. The quantitative estimate of drug-likeness (QED) is 0.632. The van der Waals surface area contributed by atoms with Crippen LogP contribution in [-0.2, 0) is 4.79 Å². The van der Waals surface area contributed by atoms with Gasteiger partial charge >= 0.3 is 0 Å². The molecule has 0 aromatic rings. The second-order valence-corrected chi connectivity index (χ2v) is 2.99. The maximum Gasteiger partial charge on any atom is 0.224 e. The molecule has 0 aromatic heterocycles. The van der Waals surface area contributed by atoms with Crippen molar-refractivity contribution in [3.05, 3.63) is 23.9 Å². The zero-order valence-corrected chi connectivity index (χ0v) is 7.49. The normalized spacial score (nSPS) is 14.8. The first-order chi connectivity index (χ1) is 5.33. The molecule has 1 aliphatic rings. The van der Waals surface area contributed by atoms with E-state index in [0.717, 1.165) is 18.3 Å². The molecule has 0 aliphatic heterocycles. The highest BCUT2D eigenvalue weighted by atomic mass is 31.0. The van der Waals surface area contributed by atoms with E-state index < -0.39 is 0 Å². The van der Waals surface area contributed by atoms with Gasteiger partial charge in [-0.25, -0.2) is 0 Å². The van der Waals surface area contributed by atoms with Crippen LogP contribution < -0.4 is 5.32 Å². The maximum atomic E-state index is 11.0. The molecule has 0 saturated carbocycles. The third-order valence-electron chi connectivity index (χ3n) is 1.44. The number of hydrogen-bond donors (Lipinski definition) is 1. The summed E-state index contributed by atoms with van der Waals surface area (Å²) in [7, 11) is 2.54. The summed E-state index contributed by atoms with van der Waals surface area (Å²) in [6.07, 6.45) is 8.18. The number of carbonyl (C=O) groups is 1. The van der Waals surface area contributed by atoms with Gasteiger partial charge in [-0.3, -0.25) is 4.79 Å². The van der Waals surface area contributed by atoms with Gasteiger partial charge in [-0.2, -0.15) is 0 Å². The Kier molecular flexibility index (Phi) is 3.31. The minimum atomic E-state index is 0.106. The lowest BCUT2D eigenvalue weighted by Gasteiger charge is -2.03. The summed E-state index contributed by atoms with van der Waals surface area (Å²) >= 11 is 0. The first-order valence-corrected chi connectivity index (χ1v) is 4.50. The van der Waals surface area contributed by atoms with Gasteiger partial charge in [-0.15, -0.1) is 9.24 Å². The van der Waals surface area contributed by atoms with Crippen LogP contribution in [0.3, 0.4) is 0 Å². The van der Waals surface area contributed by atoms with Crippen molar-refractivity contribution < 1.29 is 4.79 Å². The van der Waals surface area contributed by atoms with E-state index >= 15 is 0 Å². The van der Waals surface area contributed by atoms with Crippen molar-refractivity contribution in [2.75, 3.05) is 6.16 Å². The summed E-state index contributed by atoms with van der Waals surface area (Å²) < 4.78 is 0. The molecule has 1 atom stereocenters. The third kappa shape index (κ3) is 2.85. The first kappa shape index (κ1) is 8.48. The van der Waals surface area contributed by atoms with Crippen molar-refractivity contribution in [3.8, 4) is 0 Å². The molecule has 0 saturated heterocycles. The Morgan fingerprint density at radius 3 is 3.09 bits per heavy atom. The zero-order valence-electron chi connectivity index (χ0n) is 6.34. The number of amides is 1. The van der Waals surface area contributed by atoms with Crippen LogP contribution in [0.15, 0.2) is 23.9 Å². The van der Waals surface area contributed by atoms with E-state index in [0.29, 0.717) is 6.42 Å². The predicted octanol–water partition coefficient (Wildman–Crippen LogP) is 1.21. The van der Waals surface area contributed by atoms with Crippen LogP contribution in [0, 0.1) is 0 Å². The highest BCUT2D eigenvalue weighted by molar-refractivity contribution is 7.16. The van der Waals surface area contributed by atoms with Gasteiger partial charge < -0.3 is 5.32 Å². The fraction of sp³-hybridized carbons (Fsp3) is 0.375. The van der Waals surface area contributed by atoms with Crippen LogP contribution in [0.5, 0.6) is 0 Å². The Morgan fingerprint density at radius 1 is 1.73 bits per heavy atom. The lowest BCUT2D eigenvalue weighted by atomic mass is 10.3. The predicted molar refractivity (Wildman–Crippen MR) is 49.2 cm³/mol. The minimum Gasteiger partial charge on any atom is -0.329 e. The highest BCUT2D eigenvalue weighted by Gasteiger charge is 2.03. The van der Waals surface area contributed by atoms with Crippen LogP contribution in [0.2, 0.25) is 0 Å². The van der Waals surface area contributed by atoms with Gasteiger partial charge in [-0.1, -0.05) is 12.2 Å². The Bertz CT molecular complexity index is 208. The molecule has 1 unspecified atom stereocenters. The number of nitrogens with one attached hydrogen (secondary N) is 1. The standard InChI is InChI=1S/C8H12NOP/c10-8(5-6-11)9-7-3-1-2-4-7/h1-3H,4-6,11H2,(H,9,10).